The molecule has 0 spiro atoms. The molecule has 0 fully saturated rings. The largest absolute Gasteiger partial charge is 0.293 e. The van der Waals surface area contributed by atoms with Crippen LogP contribution in [0.1, 0.15) is 47.0 Å². The minimum Gasteiger partial charge on any atom is -0.293 e. The SMILES string of the molecule is O=C(c1ccccc1F)c1cc(Cl)ccc1C(=O)C(Br)CN1C(=O)c2ccccc2C1=O. The first kappa shape index (κ1) is 22.0. The number of ketones is 2. The lowest BCUT2D eigenvalue weighted by atomic mass is 9.94. The van der Waals surface area contributed by atoms with Crippen LogP contribution in [0.3, 0.4) is 0 Å². The molecule has 5 nitrogen and oxygen atoms in total. The van der Waals surface area contributed by atoms with Crippen molar-refractivity contribution >= 4 is 50.9 Å². The summed E-state index contributed by atoms with van der Waals surface area (Å²) in [6, 6.07) is 15.9. The van der Waals surface area contributed by atoms with E-state index in [0.717, 1.165) is 11.0 Å². The molecule has 0 aliphatic carbocycles. The average molecular weight is 515 g/mol. The number of Topliss-reactive ketones (excluding diaryl/α,β-unsaturated/α-hetero) is 1. The maximum absolute atomic E-state index is 14.2. The number of hydrogen-bond donors (Lipinski definition) is 0. The minimum atomic E-state index is -0.988. The molecule has 0 N–H and O–H groups in total. The molecule has 0 bridgehead atoms. The lowest BCUT2D eigenvalue weighted by molar-refractivity contribution is 0.0652. The van der Waals surface area contributed by atoms with E-state index in [1.807, 2.05) is 0 Å². The fourth-order valence-electron chi connectivity index (χ4n) is 3.53. The fraction of sp³-hybridized carbons (Fsp3) is 0.0833. The minimum absolute atomic E-state index is 0.00105. The summed E-state index contributed by atoms with van der Waals surface area (Å²) in [6.45, 7) is -0.235. The van der Waals surface area contributed by atoms with Crippen molar-refractivity contribution < 1.29 is 23.6 Å². The second-order valence-electron chi connectivity index (χ2n) is 7.10. The van der Waals surface area contributed by atoms with Crippen molar-refractivity contribution in [2.24, 2.45) is 0 Å². The molecule has 1 atom stereocenters. The molecule has 0 saturated carbocycles. The lowest BCUT2D eigenvalue weighted by Gasteiger charge is -2.18. The Morgan fingerprint density at radius 3 is 2.09 bits per heavy atom. The van der Waals surface area contributed by atoms with E-state index in [9.17, 15) is 23.6 Å². The van der Waals surface area contributed by atoms with Crippen LogP contribution in [0.4, 0.5) is 4.39 Å². The van der Waals surface area contributed by atoms with E-state index in [2.05, 4.69) is 15.9 Å². The predicted octanol–water partition coefficient (Wildman–Crippen LogP) is 4.95. The van der Waals surface area contributed by atoms with Crippen LogP contribution in [0.15, 0.2) is 66.7 Å². The monoisotopic (exact) mass is 513 g/mol. The Morgan fingerprint density at radius 2 is 1.47 bits per heavy atom. The highest BCUT2D eigenvalue weighted by atomic mass is 79.9. The van der Waals surface area contributed by atoms with E-state index in [-0.39, 0.29) is 39.4 Å². The Bertz CT molecular complexity index is 1260. The molecule has 4 rings (SSSR count). The van der Waals surface area contributed by atoms with Crippen LogP contribution in [0, 0.1) is 5.82 Å². The van der Waals surface area contributed by atoms with Crippen LogP contribution in [0.2, 0.25) is 5.02 Å². The molecular weight excluding hydrogens is 501 g/mol. The van der Waals surface area contributed by atoms with Crippen LogP contribution in [0.25, 0.3) is 0 Å². The maximum Gasteiger partial charge on any atom is 0.261 e. The molecule has 1 aliphatic heterocycles. The molecule has 1 heterocycles. The summed E-state index contributed by atoms with van der Waals surface area (Å²) in [5.41, 5.74) is 0.272. The first-order valence-electron chi connectivity index (χ1n) is 9.52. The van der Waals surface area contributed by atoms with E-state index in [4.69, 9.17) is 11.6 Å². The number of nitrogens with zero attached hydrogens (tertiary/aromatic N) is 1. The Balaban J connectivity index is 1.63. The fourth-order valence-corrected chi connectivity index (χ4v) is 4.23. The van der Waals surface area contributed by atoms with E-state index in [1.54, 1.807) is 24.3 Å². The van der Waals surface area contributed by atoms with E-state index in [1.165, 1.54) is 36.4 Å². The van der Waals surface area contributed by atoms with Crippen molar-refractivity contribution in [2.75, 3.05) is 6.54 Å². The van der Waals surface area contributed by atoms with Crippen LogP contribution in [-0.4, -0.2) is 39.7 Å². The summed E-state index contributed by atoms with van der Waals surface area (Å²) < 4.78 is 14.2. The van der Waals surface area contributed by atoms with Crippen molar-refractivity contribution in [3.63, 3.8) is 0 Å². The highest BCUT2D eigenvalue weighted by Crippen LogP contribution is 2.27. The van der Waals surface area contributed by atoms with Gasteiger partial charge in [0, 0.05) is 22.7 Å². The highest BCUT2D eigenvalue weighted by molar-refractivity contribution is 9.10. The van der Waals surface area contributed by atoms with Crippen LogP contribution < -0.4 is 0 Å². The molecule has 1 unspecified atom stereocenters. The average Bonchev–Trinajstić information content (AvgIpc) is 3.03. The standard InChI is InChI=1S/C24H14BrClFNO4/c25-19(12-28-23(31)15-5-1-2-6-16(15)24(28)32)22(30)14-10-9-13(26)11-18(14)21(29)17-7-3-4-8-20(17)27/h1-11,19H,12H2. The number of carbonyl (C=O) groups excluding carboxylic acids is 4. The van der Waals surface area contributed by atoms with Crippen molar-refractivity contribution in [1.29, 1.82) is 0 Å². The number of carbonyl (C=O) groups is 4. The molecule has 0 aromatic heterocycles. The van der Waals surface area contributed by atoms with Gasteiger partial charge in [0.15, 0.2) is 11.6 Å². The summed E-state index contributed by atoms with van der Waals surface area (Å²) in [5.74, 6) is -2.96. The van der Waals surface area contributed by atoms with Gasteiger partial charge in [0.1, 0.15) is 5.82 Å². The smallest absolute Gasteiger partial charge is 0.261 e. The van der Waals surface area contributed by atoms with Gasteiger partial charge in [-0.3, -0.25) is 24.1 Å². The van der Waals surface area contributed by atoms with E-state index >= 15 is 0 Å². The van der Waals surface area contributed by atoms with Crippen LogP contribution in [0.5, 0.6) is 0 Å². The van der Waals surface area contributed by atoms with Gasteiger partial charge in [-0.1, -0.05) is 51.8 Å². The zero-order valence-corrected chi connectivity index (χ0v) is 18.7. The number of halogens is 3. The summed E-state index contributed by atoms with van der Waals surface area (Å²) in [5, 5.41) is 0.202. The number of imide groups is 1. The maximum atomic E-state index is 14.2. The zero-order chi connectivity index (χ0) is 23.0. The first-order valence-corrected chi connectivity index (χ1v) is 10.8. The molecular formula is C24H14BrClFNO4. The van der Waals surface area contributed by atoms with Crippen molar-refractivity contribution in [3.05, 3.63) is 105 Å². The number of benzene rings is 3. The van der Waals surface area contributed by atoms with Crippen LogP contribution in [-0.2, 0) is 0 Å². The van der Waals surface area contributed by atoms with Gasteiger partial charge in [-0.15, -0.1) is 0 Å². The third-order valence-corrected chi connectivity index (χ3v) is 6.06. The molecule has 160 valence electrons. The highest BCUT2D eigenvalue weighted by Gasteiger charge is 2.37. The predicted molar refractivity (Wildman–Crippen MR) is 120 cm³/mol. The zero-order valence-electron chi connectivity index (χ0n) is 16.3. The Labute approximate surface area is 195 Å². The van der Waals surface area contributed by atoms with Gasteiger partial charge in [-0.05, 0) is 42.5 Å². The van der Waals surface area contributed by atoms with Crippen molar-refractivity contribution in [1.82, 2.24) is 4.90 Å². The van der Waals surface area contributed by atoms with Crippen molar-refractivity contribution in [2.45, 2.75) is 4.83 Å². The molecule has 32 heavy (non-hydrogen) atoms. The number of amides is 2. The van der Waals surface area contributed by atoms with Gasteiger partial charge < -0.3 is 0 Å². The molecule has 3 aromatic rings. The summed E-state index contributed by atoms with van der Waals surface area (Å²) in [4.78, 5) is 51.4. The number of hydrogen-bond acceptors (Lipinski definition) is 4. The quantitative estimate of drug-likeness (QED) is 0.265. The summed E-state index contributed by atoms with van der Waals surface area (Å²) in [7, 11) is 0. The van der Waals surface area contributed by atoms with Gasteiger partial charge in [-0.25, -0.2) is 4.39 Å². The topological polar surface area (TPSA) is 71.5 Å². The van der Waals surface area contributed by atoms with Gasteiger partial charge in [0.05, 0.1) is 21.5 Å². The van der Waals surface area contributed by atoms with Gasteiger partial charge >= 0.3 is 0 Å². The summed E-state index contributed by atoms with van der Waals surface area (Å²) in [6.07, 6.45) is 0. The molecule has 1 aliphatic rings. The Morgan fingerprint density at radius 1 is 0.875 bits per heavy atom. The second-order valence-corrected chi connectivity index (χ2v) is 8.64. The molecule has 3 aromatic carbocycles. The third-order valence-electron chi connectivity index (χ3n) is 5.12. The van der Waals surface area contributed by atoms with Gasteiger partial charge in [0.25, 0.3) is 11.8 Å². The lowest BCUT2D eigenvalue weighted by Crippen LogP contribution is -2.38. The van der Waals surface area contributed by atoms with Crippen molar-refractivity contribution in [3.8, 4) is 0 Å². The van der Waals surface area contributed by atoms with E-state index in [0.29, 0.717) is 0 Å². The molecule has 2 amide bonds. The Hall–Kier alpha value is -3.16. The molecule has 8 heteroatoms. The van der Waals surface area contributed by atoms with E-state index < -0.39 is 34.0 Å². The second kappa shape index (κ2) is 8.76. The number of rotatable bonds is 6. The molecule has 0 saturated heterocycles. The van der Waals surface area contributed by atoms with Gasteiger partial charge in [0.2, 0.25) is 0 Å². The number of fused-ring (bicyclic) bond motifs is 1. The summed E-state index contributed by atoms with van der Waals surface area (Å²) >= 11 is 9.28. The van der Waals surface area contributed by atoms with Gasteiger partial charge in [-0.2, -0.15) is 0 Å². The molecule has 0 radical (unpaired) electrons. The first-order chi connectivity index (χ1) is 15.3. The normalized spacial score (nSPS) is 13.8. The number of alkyl halides is 1. The third kappa shape index (κ3) is 3.89. The van der Waals surface area contributed by atoms with Crippen LogP contribution >= 0.6 is 27.5 Å². The Kier molecular flexibility index (Phi) is 6.04.